The molecule has 0 bridgehead atoms. The number of nitro benzene ring substituents is 1. The molecule has 0 spiro atoms. The first-order valence-corrected chi connectivity index (χ1v) is 10.4. The Hall–Kier alpha value is -3.06. The van der Waals surface area contributed by atoms with Crippen LogP contribution in [0.2, 0.25) is 5.02 Å². The number of aromatic amines is 1. The zero-order valence-electron chi connectivity index (χ0n) is 16.5. The topological polar surface area (TPSA) is 82.5 Å². The molecule has 1 N–H and O–H groups in total. The Morgan fingerprint density at radius 1 is 1.13 bits per heavy atom. The molecule has 0 aliphatic carbocycles. The van der Waals surface area contributed by atoms with Crippen LogP contribution in [0, 0.1) is 10.1 Å². The molecule has 1 aromatic heterocycles. The zero-order chi connectivity index (χ0) is 21.1. The van der Waals surface area contributed by atoms with E-state index in [9.17, 15) is 14.9 Å². The van der Waals surface area contributed by atoms with Crippen molar-refractivity contribution in [2.24, 2.45) is 0 Å². The number of hydrogen-bond acceptors (Lipinski definition) is 4. The molecule has 7 nitrogen and oxygen atoms in total. The van der Waals surface area contributed by atoms with Gasteiger partial charge in [0, 0.05) is 60.8 Å². The lowest BCUT2D eigenvalue weighted by atomic mass is 10.1. The van der Waals surface area contributed by atoms with E-state index in [4.69, 9.17) is 11.6 Å². The van der Waals surface area contributed by atoms with E-state index in [2.05, 4.69) is 17.1 Å². The standard InChI is InChI=1S/C22H23ClN4O3/c23-17-8-9-20(21(14-17)27(29)30)25-10-12-26(13-11-25)22(28)7-3-4-16-15-24-19-6-2-1-5-18(16)19/h1-2,5-6,8-9,14-15,24H,3-4,7,10-13H2. The molecule has 1 aliphatic heterocycles. The number of amides is 1. The van der Waals surface area contributed by atoms with E-state index >= 15 is 0 Å². The van der Waals surface area contributed by atoms with Gasteiger partial charge in [-0.15, -0.1) is 0 Å². The normalized spacial score (nSPS) is 14.3. The molecule has 4 rings (SSSR count). The number of piperazine rings is 1. The number of anilines is 1. The summed E-state index contributed by atoms with van der Waals surface area (Å²) >= 11 is 5.90. The molecule has 0 saturated carbocycles. The van der Waals surface area contributed by atoms with Crippen LogP contribution >= 0.6 is 11.6 Å². The average molecular weight is 427 g/mol. The van der Waals surface area contributed by atoms with Crippen LogP contribution in [0.15, 0.2) is 48.7 Å². The fraction of sp³-hybridized carbons (Fsp3) is 0.318. The van der Waals surface area contributed by atoms with E-state index in [0.29, 0.717) is 43.3 Å². The third kappa shape index (κ3) is 4.26. The number of carbonyl (C=O) groups is 1. The summed E-state index contributed by atoms with van der Waals surface area (Å²) in [5.74, 6) is 0.139. The molecule has 30 heavy (non-hydrogen) atoms. The second-order valence-electron chi connectivity index (χ2n) is 7.47. The number of aromatic nitrogens is 1. The third-order valence-corrected chi connectivity index (χ3v) is 5.85. The molecule has 156 valence electrons. The van der Waals surface area contributed by atoms with Gasteiger partial charge in [-0.05, 0) is 36.6 Å². The minimum Gasteiger partial charge on any atom is -0.362 e. The number of aryl methyl sites for hydroxylation is 1. The fourth-order valence-electron chi connectivity index (χ4n) is 4.03. The third-order valence-electron chi connectivity index (χ3n) is 5.62. The quantitative estimate of drug-likeness (QED) is 0.467. The molecule has 1 fully saturated rings. The summed E-state index contributed by atoms with van der Waals surface area (Å²) in [5.41, 5.74) is 2.90. The van der Waals surface area contributed by atoms with E-state index in [0.717, 1.165) is 18.4 Å². The van der Waals surface area contributed by atoms with Crippen LogP contribution < -0.4 is 4.90 Å². The summed E-state index contributed by atoms with van der Waals surface area (Å²) in [6.45, 7) is 2.25. The van der Waals surface area contributed by atoms with Crippen LogP contribution in [-0.4, -0.2) is 46.9 Å². The first-order valence-electron chi connectivity index (χ1n) is 10.0. The van der Waals surface area contributed by atoms with E-state index in [1.807, 2.05) is 28.1 Å². The summed E-state index contributed by atoms with van der Waals surface area (Å²) in [6.07, 6.45) is 4.17. The van der Waals surface area contributed by atoms with Crippen molar-refractivity contribution in [3.8, 4) is 0 Å². The fourth-order valence-corrected chi connectivity index (χ4v) is 4.20. The minimum absolute atomic E-state index is 0.000931. The van der Waals surface area contributed by atoms with Crippen molar-refractivity contribution in [1.82, 2.24) is 9.88 Å². The van der Waals surface area contributed by atoms with Crippen molar-refractivity contribution in [3.05, 3.63) is 69.4 Å². The highest BCUT2D eigenvalue weighted by Gasteiger charge is 2.25. The Balaban J connectivity index is 1.30. The maximum Gasteiger partial charge on any atom is 0.294 e. The lowest BCUT2D eigenvalue weighted by Gasteiger charge is -2.36. The molecule has 1 aliphatic rings. The molecule has 0 radical (unpaired) electrons. The van der Waals surface area contributed by atoms with E-state index in [1.54, 1.807) is 12.1 Å². The summed E-state index contributed by atoms with van der Waals surface area (Å²) in [6, 6.07) is 12.9. The molecule has 0 unspecified atom stereocenters. The second-order valence-corrected chi connectivity index (χ2v) is 7.91. The van der Waals surface area contributed by atoms with Gasteiger partial charge in [0.05, 0.1) is 4.92 Å². The van der Waals surface area contributed by atoms with Crippen LogP contribution in [-0.2, 0) is 11.2 Å². The Morgan fingerprint density at radius 2 is 1.90 bits per heavy atom. The first-order chi connectivity index (χ1) is 14.5. The SMILES string of the molecule is O=C(CCCc1c[nH]c2ccccc12)N1CCN(c2ccc(Cl)cc2[N+](=O)[O-])CC1. The molecule has 1 amide bonds. The number of nitrogens with zero attached hydrogens (tertiary/aromatic N) is 3. The van der Waals surface area contributed by atoms with Gasteiger partial charge in [-0.1, -0.05) is 29.8 Å². The molecular formula is C22H23ClN4O3. The number of nitro groups is 1. The van der Waals surface area contributed by atoms with Crippen molar-refractivity contribution in [2.45, 2.75) is 19.3 Å². The van der Waals surface area contributed by atoms with Crippen LogP contribution in [0.1, 0.15) is 18.4 Å². The highest BCUT2D eigenvalue weighted by Crippen LogP contribution is 2.31. The minimum atomic E-state index is -0.413. The van der Waals surface area contributed by atoms with Gasteiger partial charge in [0.25, 0.3) is 5.69 Å². The Bertz CT molecular complexity index is 1070. The Morgan fingerprint density at radius 3 is 2.67 bits per heavy atom. The number of halogens is 1. The lowest BCUT2D eigenvalue weighted by molar-refractivity contribution is -0.384. The average Bonchev–Trinajstić information content (AvgIpc) is 3.17. The summed E-state index contributed by atoms with van der Waals surface area (Å²) in [7, 11) is 0. The van der Waals surface area contributed by atoms with Gasteiger partial charge in [-0.2, -0.15) is 0 Å². The van der Waals surface area contributed by atoms with Crippen molar-refractivity contribution in [1.29, 1.82) is 0 Å². The predicted octanol–water partition coefficient (Wildman–Crippen LogP) is 4.40. The largest absolute Gasteiger partial charge is 0.362 e. The maximum atomic E-state index is 12.6. The number of para-hydroxylation sites is 1. The van der Waals surface area contributed by atoms with Crippen LogP contribution in [0.5, 0.6) is 0 Å². The maximum absolute atomic E-state index is 12.6. The van der Waals surface area contributed by atoms with E-state index < -0.39 is 4.92 Å². The smallest absolute Gasteiger partial charge is 0.294 e. The molecular weight excluding hydrogens is 404 g/mol. The lowest BCUT2D eigenvalue weighted by Crippen LogP contribution is -2.48. The highest BCUT2D eigenvalue weighted by molar-refractivity contribution is 6.30. The van der Waals surface area contributed by atoms with E-state index in [-0.39, 0.29) is 11.6 Å². The molecule has 1 saturated heterocycles. The molecule has 2 heterocycles. The Kier molecular flexibility index (Phi) is 5.90. The number of nitrogens with one attached hydrogen (secondary N) is 1. The predicted molar refractivity (Wildman–Crippen MR) is 118 cm³/mol. The number of H-pyrrole nitrogens is 1. The number of hydrogen-bond donors (Lipinski definition) is 1. The van der Waals surface area contributed by atoms with Gasteiger partial charge >= 0.3 is 0 Å². The number of benzene rings is 2. The number of fused-ring (bicyclic) bond motifs is 1. The zero-order valence-corrected chi connectivity index (χ0v) is 17.3. The van der Waals surface area contributed by atoms with Gasteiger partial charge in [-0.25, -0.2) is 0 Å². The van der Waals surface area contributed by atoms with E-state index in [1.165, 1.54) is 17.0 Å². The van der Waals surface area contributed by atoms with Gasteiger partial charge in [0.2, 0.25) is 5.91 Å². The van der Waals surface area contributed by atoms with Gasteiger partial charge < -0.3 is 14.8 Å². The highest BCUT2D eigenvalue weighted by atomic mass is 35.5. The van der Waals surface area contributed by atoms with Crippen molar-refractivity contribution in [3.63, 3.8) is 0 Å². The number of carbonyl (C=O) groups excluding carboxylic acids is 1. The van der Waals surface area contributed by atoms with Gasteiger partial charge in [0.15, 0.2) is 0 Å². The first kappa shape index (κ1) is 20.2. The van der Waals surface area contributed by atoms with Gasteiger partial charge in [-0.3, -0.25) is 14.9 Å². The van der Waals surface area contributed by atoms with Crippen LogP contribution in [0.4, 0.5) is 11.4 Å². The second kappa shape index (κ2) is 8.75. The number of rotatable bonds is 6. The Labute approximate surface area is 179 Å². The molecule has 3 aromatic rings. The van der Waals surface area contributed by atoms with Crippen molar-refractivity contribution < 1.29 is 9.72 Å². The summed E-state index contributed by atoms with van der Waals surface area (Å²) in [5, 5.41) is 12.9. The molecule has 2 aromatic carbocycles. The molecule has 0 atom stereocenters. The van der Waals surface area contributed by atoms with Crippen molar-refractivity contribution in [2.75, 3.05) is 31.1 Å². The van der Waals surface area contributed by atoms with Crippen LogP contribution in [0.25, 0.3) is 10.9 Å². The monoisotopic (exact) mass is 426 g/mol. The van der Waals surface area contributed by atoms with Crippen molar-refractivity contribution >= 4 is 39.8 Å². The molecule has 8 heteroatoms. The van der Waals surface area contributed by atoms with Crippen LogP contribution in [0.3, 0.4) is 0 Å². The summed E-state index contributed by atoms with van der Waals surface area (Å²) in [4.78, 5) is 30.6. The van der Waals surface area contributed by atoms with Gasteiger partial charge in [0.1, 0.15) is 5.69 Å². The summed E-state index contributed by atoms with van der Waals surface area (Å²) < 4.78 is 0.